The van der Waals surface area contributed by atoms with Crippen LogP contribution in [-0.4, -0.2) is 49.0 Å². The highest BCUT2D eigenvalue weighted by Gasteiger charge is 2.10. The monoisotopic (exact) mass is 279 g/mol. The van der Waals surface area contributed by atoms with Crippen LogP contribution in [0.2, 0.25) is 0 Å². The van der Waals surface area contributed by atoms with Crippen LogP contribution in [0.5, 0.6) is 0 Å². The first-order valence-corrected chi connectivity index (χ1v) is 6.15. The Kier molecular flexibility index (Phi) is 4.74. The van der Waals surface area contributed by atoms with Gasteiger partial charge in [-0.3, -0.25) is 5.43 Å². The summed E-state index contributed by atoms with van der Waals surface area (Å²) in [6.45, 7) is 5.11. The lowest BCUT2D eigenvalue weighted by Gasteiger charge is -2.14. The number of nitrogens with two attached hydrogens (primary N) is 1. The first kappa shape index (κ1) is 14.1. The first-order valence-electron chi connectivity index (χ1n) is 6.15. The predicted octanol–water partition coefficient (Wildman–Crippen LogP) is -0.425. The van der Waals surface area contributed by atoms with E-state index in [2.05, 4.69) is 35.8 Å². The minimum absolute atomic E-state index is 0.0478. The largest absolute Gasteiger partial charge is 0.380 e. The van der Waals surface area contributed by atoms with Gasteiger partial charge < -0.3 is 10.1 Å². The van der Waals surface area contributed by atoms with Gasteiger partial charge in [0.05, 0.1) is 6.61 Å². The van der Waals surface area contributed by atoms with Crippen LogP contribution >= 0.6 is 0 Å². The summed E-state index contributed by atoms with van der Waals surface area (Å²) in [5.74, 6) is 6.28. The summed E-state index contributed by atoms with van der Waals surface area (Å²) in [6, 6.07) is 0.0478. The molecule has 0 saturated heterocycles. The second-order valence-corrected chi connectivity index (χ2v) is 3.97. The van der Waals surface area contributed by atoms with E-state index in [0.29, 0.717) is 25.1 Å². The molecule has 2 heterocycles. The van der Waals surface area contributed by atoms with Crippen LogP contribution in [0.15, 0.2) is 12.7 Å². The Bertz CT molecular complexity index is 530. The van der Waals surface area contributed by atoms with Gasteiger partial charge in [0.1, 0.15) is 12.7 Å². The van der Waals surface area contributed by atoms with E-state index in [0.717, 1.165) is 0 Å². The second kappa shape index (κ2) is 6.73. The standard InChI is InChI=1S/C10H17N9O/c1-3-20-4-7(2)14-8-15-9(18-11)17-10(16-8)19-6-12-5-13-19/h5-7H,3-4,11H2,1-2H3,(H2,14,15,16,17,18). The highest BCUT2D eigenvalue weighted by molar-refractivity contribution is 5.37. The van der Waals surface area contributed by atoms with Gasteiger partial charge >= 0.3 is 0 Å². The molecule has 0 aliphatic rings. The molecule has 0 radical (unpaired) electrons. The van der Waals surface area contributed by atoms with Crippen molar-refractivity contribution in [3.05, 3.63) is 12.7 Å². The molecule has 1 unspecified atom stereocenters. The number of nitrogens with zero attached hydrogens (tertiary/aromatic N) is 6. The van der Waals surface area contributed by atoms with Crippen molar-refractivity contribution in [3.63, 3.8) is 0 Å². The molecule has 0 bridgehead atoms. The first-order chi connectivity index (χ1) is 9.72. The molecule has 10 nitrogen and oxygen atoms in total. The number of nitrogens with one attached hydrogen (secondary N) is 2. The summed E-state index contributed by atoms with van der Waals surface area (Å²) in [4.78, 5) is 16.3. The number of anilines is 2. The summed E-state index contributed by atoms with van der Waals surface area (Å²) >= 11 is 0. The quantitative estimate of drug-likeness (QED) is 0.457. The van der Waals surface area contributed by atoms with E-state index in [9.17, 15) is 0 Å². The number of hydrogen-bond donors (Lipinski definition) is 3. The van der Waals surface area contributed by atoms with Crippen LogP contribution in [0, 0.1) is 0 Å². The van der Waals surface area contributed by atoms with Gasteiger partial charge in [-0.15, -0.1) is 0 Å². The molecule has 0 spiro atoms. The van der Waals surface area contributed by atoms with Crippen molar-refractivity contribution in [1.29, 1.82) is 0 Å². The van der Waals surface area contributed by atoms with Gasteiger partial charge in [0.2, 0.25) is 11.9 Å². The zero-order valence-corrected chi connectivity index (χ0v) is 11.3. The maximum atomic E-state index is 5.35. The van der Waals surface area contributed by atoms with Crippen molar-refractivity contribution in [2.45, 2.75) is 19.9 Å². The summed E-state index contributed by atoms with van der Waals surface area (Å²) in [5.41, 5.74) is 2.39. The predicted molar refractivity (Wildman–Crippen MR) is 72.1 cm³/mol. The maximum absolute atomic E-state index is 5.35. The lowest BCUT2D eigenvalue weighted by molar-refractivity contribution is 0.141. The smallest absolute Gasteiger partial charge is 0.258 e. The van der Waals surface area contributed by atoms with E-state index in [1.807, 2.05) is 13.8 Å². The molecule has 0 aliphatic heterocycles. The molecule has 0 amide bonds. The zero-order chi connectivity index (χ0) is 14.4. The molecule has 20 heavy (non-hydrogen) atoms. The Morgan fingerprint density at radius 1 is 1.35 bits per heavy atom. The number of nitrogen functional groups attached to an aromatic ring is 1. The Morgan fingerprint density at radius 2 is 2.15 bits per heavy atom. The van der Waals surface area contributed by atoms with E-state index in [4.69, 9.17) is 10.6 Å². The van der Waals surface area contributed by atoms with Crippen LogP contribution < -0.4 is 16.6 Å². The van der Waals surface area contributed by atoms with Crippen molar-refractivity contribution in [1.82, 2.24) is 29.7 Å². The number of rotatable bonds is 7. The highest BCUT2D eigenvalue weighted by atomic mass is 16.5. The number of ether oxygens (including phenoxy) is 1. The molecule has 4 N–H and O–H groups in total. The molecule has 0 aromatic carbocycles. The summed E-state index contributed by atoms with van der Waals surface area (Å²) < 4.78 is 6.74. The average Bonchev–Trinajstić information content (AvgIpc) is 2.99. The molecule has 0 saturated carbocycles. The van der Waals surface area contributed by atoms with Gasteiger partial charge in [0.25, 0.3) is 5.95 Å². The fourth-order valence-corrected chi connectivity index (χ4v) is 1.46. The number of hydrazine groups is 1. The topological polar surface area (TPSA) is 129 Å². The minimum atomic E-state index is 0.0478. The van der Waals surface area contributed by atoms with Crippen LogP contribution in [0.4, 0.5) is 11.9 Å². The van der Waals surface area contributed by atoms with E-state index < -0.39 is 0 Å². The maximum Gasteiger partial charge on any atom is 0.258 e. The van der Waals surface area contributed by atoms with E-state index in [1.54, 1.807) is 0 Å². The van der Waals surface area contributed by atoms with Gasteiger partial charge in [0.15, 0.2) is 0 Å². The summed E-state index contributed by atoms with van der Waals surface area (Å²) in [6.07, 6.45) is 2.88. The van der Waals surface area contributed by atoms with Crippen LogP contribution in [0.3, 0.4) is 0 Å². The Labute approximate surface area is 115 Å². The van der Waals surface area contributed by atoms with Crippen molar-refractivity contribution < 1.29 is 4.74 Å². The van der Waals surface area contributed by atoms with Crippen molar-refractivity contribution in [3.8, 4) is 5.95 Å². The molecule has 2 rings (SSSR count). The molecule has 0 fully saturated rings. The third kappa shape index (κ3) is 3.59. The molecule has 0 aliphatic carbocycles. The third-order valence-electron chi connectivity index (χ3n) is 2.32. The van der Waals surface area contributed by atoms with Crippen LogP contribution in [0.25, 0.3) is 5.95 Å². The Morgan fingerprint density at radius 3 is 2.80 bits per heavy atom. The van der Waals surface area contributed by atoms with Crippen LogP contribution in [-0.2, 0) is 4.74 Å². The van der Waals surface area contributed by atoms with E-state index >= 15 is 0 Å². The lowest BCUT2D eigenvalue weighted by Crippen LogP contribution is -2.24. The highest BCUT2D eigenvalue weighted by Crippen LogP contribution is 2.08. The molecule has 2 aromatic rings. The average molecular weight is 279 g/mol. The molecule has 1 atom stereocenters. The molecule has 10 heteroatoms. The minimum Gasteiger partial charge on any atom is -0.380 e. The van der Waals surface area contributed by atoms with Crippen LogP contribution in [0.1, 0.15) is 13.8 Å². The fourth-order valence-electron chi connectivity index (χ4n) is 1.46. The summed E-state index contributed by atoms with van der Waals surface area (Å²) in [7, 11) is 0. The lowest BCUT2D eigenvalue weighted by atomic mass is 10.4. The van der Waals surface area contributed by atoms with Gasteiger partial charge in [-0.05, 0) is 13.8 Å². The van der Waals surface area contributed by atoms with E-state index in [1.165, 1.54) is 17.3 Å². The van der Waals surface area contributed by atoms with Gasteiger partial charge in [-0.2, -0.15) is 24.7 Å². The molecular weight excluding hydrogens is 262 g/mol. The van der Waals surface area contributed by atoms with Crippen molar-refractivity contribution >= 4 is 11.9 Å². The van der Waals surface area contributed by atoms with Gasteiger partial charge in [0, 0.05) is 12.6 Å². The SMILES string of the molecule is CCOCC(C)Nc1nc(NN)nc(-n2cncn2)n1. The zero-order valence-electron chi connectivity index (χ0n) is 11.3. The van der Waals surface area contributed by atoms with Gasteiger partial charge in [-0.25, -0.2) is 10.8 Å². The fraction of sp³-hybridized carbons (Fsp3) is 0.500. The Balaban J connectivity index is 2.18. The number of aromatic nitrogens is 6. The number of hydrogen-bond acceptors (Lipinski definition) is 9. The second-order valence-electron chi connectivity index (χ2n) is 3.97. The molecule has 108 valence electrons. The van der Waals surface area contributed by atoms with E-state index in [-0.39, 0.29) is 12.0 Å². The summed E-state index contributed by atoms with van der Waals surface area (Å²) in [5, 5.41) is 7.07. The van der Waals surface area contributed by atoms with Crippen molar-refractivity contribution in [2.75, 3.05) is 24.0 Å². The third-order valence-corrected chi connectivity index (χ3v) is 2.32. The molecule has 2 aromatic heterocycles. The normalized spacial score (nSPS) is 12.2. The van der Waals surface area contributed by atoms with Crippen molar-refractivity contribution in [2.24, 2.45) is 5.84 Å². The molecular formula is C10H17N9O. The van der Waals surface area contributed by atoms with Gasteiger partial charge in [-0.1, -0.05) is 0 Å². The Hall–Kier alpha value is -2.33.